The summed E-state index contributed by atoms with van der Waals surface area (Å²) >= 11 is 0. The summed E-state index contributed by atoms with van der Waals surface area (Å²) in [6.45, 7) is 6.83. The van der Waals surface area contributed by atoms with Crippen LogP contribution in [0.4, 0.5) is 0 Å². The van der Waals surface area contributed by atoms with Crippen molar-refractivity contribution in [2.75, 3.05) is 6.54 Å². The van der Waals surface area contributed by atoms with Gasteiger partial charge in [0.25, 0.3) is 0 Å². The van der Waals surface area contributed by atoms with E-state index < -0.39 is 0 Å². The zero-order chi connectivity index (χ0) is 13.8. The fourth-order valence-electron chi connectivity index (χ4n) is 2.54. The van der Waals surface area contributed by atoms with Crippen LogP contribution in [0.2, 0.25) is 0 Å². The highest BCUT2D eigenvalue weighted by Crippen LogP contribution is 2.40. The summed E-state index contributed by atoms with van der Waals surface area (Å²) < 4.78 is 0. The van der Waals surface area contributed by atoms with Gasteiger partial charge in [0.15, 0.2) is 0 Å². The number of rotatable bonds is 7. The molecule has 1 fully saturated rings. The summed E-state index contributed by atoms with van der Waals surface area (Å²) in [6.07, 6.45) is 3.95. The highest BCUT2D eigenvalue weighted by Gasteiger charge is 2.47. The third kappa shape index (κ3) is 3.69. The highest BCUT2D eigenvalue weighted by molar-refractivity contribution is 5.76. The first-order valence-electron chi connectivity index (χ1n) is 7.09. The number of nitrogens with one attached hydrogen (secondary N) is 1. The molecule has 1 aliphatic rings. The smallest absolute Gasteiger partial charge is 0.220 e. The molecule has 4 nitrogen and oxygen atoms in total. The fraction of sp³-hybridized carbons (Fsp3) is 0.929. The molecule has 1 saturated carbocycles. The van der Waals surface area contributed by atoms with Crippen LogP contribution in [-0.2, 0) is 4.79 Å². The Hall–Kier alpha value is -0.610. The molecule has 0 spiro atoms. The van der Waals surface area contributed by atoms with Crippen LogP contribution < -0.4 is 11.1 Å². The van der Waals surface area contributed by atoms with Crippen molar-refractivity contribution >= 4 is 5.91 Å². The topological polar surface area (TPSA) is 75.4 Å². The molecule has 0 heterocycles. The highest BCUT2D eigenvalue weighted by atomic mass is 16.3. The summed E-state index contributed by atoms with van der Waals surface area (Å²) in [5.74, 6) is 0.663. The van der Waals surface area contributed by atoms with Gasteiger partial charge in [-0.2, -0.15) is 0 Å². The number of carbonyl (C=O) groups is 1. The van der Waals surface area contributed by atoms with Gasteiger partial charge in [-0.25, -0.2) is 0 Å². The average molecular weight is 256 g/mol. The minimum Gasteiger partial charge on any atom is -0.392 e. The summed E-state index contributed by atoms with van der Waals surface area (Å²) in [5.41, 5.74) is 5.36. The lowest BCUT2D eigenvalue weighted by atomic mass is 9.64. The minimum absolute atomic E-state index is 0.107. The van der Waals surface area contributed by atoms with E-state index in [0.29, 0.717) is 25.3 Å². The van der Waals surface area contributed by atoms with E-state index in [9.17, 15) is 9.90 Å². The molecule has 1 rings (SSSR count). The number of amides is 1. The van der Waals surface area contributed by atoms with Crippen molar-refractivity contribution in [2.45, 2.75) is 65.0 Å². The van der Waals surface area contributed by atoms with Gasteiger partial charge in [0.05, 0.1) is 6.10 Å². The number of hydrogen-bond donors (Lipinski definition) is 3. The molecule has 1 amide bonds. The molecule has 18 heavy (non-hydrogen) atoms. The van der Waals surface area contributed by atoms with Gasteiger partial charge in [-0.3, -0.25) is 4.79 Å². The maximum Gasteiger partial charge on any atom is 0.220 e. The third-order valence-corrected chi connectivity index (χ3v) is 4.48. The Bertz CT molecular complexity index is 279. The van der Waals surface area contributed by atoms with Crippen molar-refractivity contribution in [1.29, 1.82) is 0 Å². The van der Waals surface area contributed by atoms with Crippen LogP contribution >= 0.6 is 0 Å². The molecule has 3 unspecified atom stereocenters. The van der Waals surface area contributed by atoms with Crippen molar-refractivity contribution in [2.24, 2.45) is 17.1 Å². The molecule has 4 heteroatoms. The van der Waals surface area contributed by atoms with Crippen molar-refractivity contribution < 1.29 is 9.90 Å². The maximum absolute atomic E-state index is 11.8. The van der Waals surface area contributed by atoms with Gasteiger partial charge in [0, 0.05) is 17.9 Å². The number of aliphatic hydroxyl groups excluding tert-OH is 1. The van der Waals surface area contributed by atoms with Crippen molar-refractivity contribution in [3.63, 3.8) is 0 Å². The van der Waals surface area contributed by atoms with Crippen LogP contribution in [0, 0.1) is 11.3 Å². The second-order valence-corrected chi connectivity index (χ2v) is 6.08. The van der Waals surface area contributed by atoms with Crippen LogP contribution in [0.25, 0.3) is 0 Å². The van der Waals surface area contributed by atoms with Gasteiger partial charge in [0.2, 0.25) is 5.91 Å². The Morgan fingerprint density at radius 3 is 2.61 bits per heavy atom. The molecular formula is C14H28N2O2. The standard InChI is InChI=1S/C14H28N2O2/c1-4-10(7-8-15)5-6-13(18)16-11-9-12(17)14(11,2)3/h10-12,17H,4-9,15H2,1-3H3,(H,16,18). The molecule has 0 aliphatic heterocycles. The third-order valence-electron chi connectivity index (χ3n) is 4.48. The molecule has 4 N–H and O–H groups in total. The second kappa shape index (κ2) is 6.53. The normalized spacial score (nSPS) is 27.4. The number of hydrogen-bond acceptors (Lipinski definition) is 3. The Morgan fingerprint density at radius 2 is 2.17 bits per heavy atom. The van der Waals surface area contributed by atoms with E-state index in [1.807, 2.05) is 13.8 Å². The molecule has 1 aliphatic carbocycles. The van der Waals surface area contributed by atoms with E-state index >= 15 is 0 Å². The number of nitrogens with two attached hydrogens (primary N) is 1. The van der Waals surface area contributed by atoms with Crippen molar-refractivity contribution in [3.8, 4) is 0 Å². The van der Waals surface area contributed by atoms with E-state index in [-0.39, 0.29) is 23.5 Å². The molecule has 0 aromatic carbocycles. The second-order valence-electron chi connectivity index (χ2n) is 6.08. The summed E-state index contributed by atoms with van der Waals surface area (Å²) in [7, 11) is 0. The number of aliphatic hydroxyl groups is 1. The first kappa shape index (κ1) is 15.4. The van der Waals surface area contributed by atoms with Gasteiger partial charge in [-0.15, -0.1) is 0 Å². The van der Waals surface area contributed by atoms with Gasteiger partial charge in [-0.05, 0) is 31.7 Å². The molecule has 0 aromatic rings. The monoisotopic (exact) mass is 256 g/mol. The molecule has 0 radical (unpaired) electrons. The first-order chi connectivity index (χ1) is 8.41. The predicted octanol–water partition coefficient (Wildman–Crippen LogP) is 1.42. The van der Waals surface area contributed by atoms with E-state index in [1.54, 1.807) is 0 Å². The van der Waals surface area contributed by atoms with Crippen molar-refractivity contribution in [3.05, 3.63) is 0 Å². The molecule has 106 valence electrons. The van der Waals surface area contributed by atoms with Gasteiger partial charge in [0.1, 0.15) is 0 Å². The SMILES string of the molecule is CCC(CCN)CCC(=O)NC1CC(O)C1(C)C. The molecule has 0 aromatic heterocycles. The molecule has 0 saturated heterocycles. The largest absolute Gasteiger partial charge is 0.392 e. The molecule has 0 bridgehead atoms. The van der Waals surface area contributed by atoms with Crippen LogP contribution in [0.5, 0.6) is 0 Å². The lowest BCUT2D eigenvalue weighted by Crippen LogP contribution is -2.61. The average Bonchev–Trinajstić information content (AvgIpc) is 2.34. The maximum atomic E-state index is 11.8. The molecular weight excluding hydrogens is 228 g/mol. The van der Waals surface area contributed by atoms with Crippen LogP contribution in [0.15, 0.2) is 0 Å². The van der Waals surface area contributed by atoms with Gasteiger partial charge >= 0.3 is 0 Å². The van der Waals surface area contributed by atoms with Crippen molar-refractivity contribution in [1.82, 2.24) is 5.32 Å². The zero-order valence-corrected chi connectivity index (χ0v) is 11.9. The van der Waals surface area contributed by atoms with Gasteiger partial charge in [-0.1, -0.05) is 27.2 Å². The lowest BCUT2D eigenvalue weighted by molar-refractivity contribution is -0.129. The van der Waals surface area contributed by atoms with Crippen LogP contribution in [0.1, 0.15) is 52.9 Å². The van der Waals surface area contributed by atoms with E-state index in [4.69, 9.17) is 5.73 Å². The summed E-state index contributed by atoms with van der Waals surface area (Å²) in [4.78, 5) is 11.8. The zero-order valence-electron chi connectivity index (χ0n) is 11.9. The number of carbonyl (C=O) groups excluding carboxylic acids is 1. The van der Waals surface area contributed by atoms with E-state index in [0.717, 1.165) is 19.3 Å². The Balaban J connectivity index is 2.26. The molecule has 3 atom stereocenters. The van der Waals surface area contributed by atoms with E-state index in [2.05, 4.69) is 12.2 Å². The Morgan fingerprint density at radius 1 is 1.50 bits per heavy atom. The van der Waals surface area contributed by atoms with Crippen LogP contribution in [-0.4, -0.2) is 29.7 Å². The summed E-state index contributed by atoms with van der Waals surface area (Å²) in [5, 5.41) is 12.6. The quantitative estimate of drug-likeness (QED) is 0.645. The minimum atomic E-state index is -0.288. The van der Waals surface area contributed by atoms with E-state index in [1.165, 1.54) is 0 Å². The first-order valence-corrected chi connectivity index (χ1v) is 7.09. The summed E-state index contributed by atoms with van der Waals surface area (Å²) in [6, 6.07) is 0.120. The Labute approximate surface area is 110 Å². The fourth-order valence-corrected chi connectivity index (χ4v) is 2.54. The Kier molecular flexibility index (Phi) is 5.60. The van der Waals surface area contributed by atoms with Crippen LogP contribution in [0.3, 0.4) is 0 Å². The van der Waals surface area contributed by atoms with Gasteiger partial charge < -0.3 is 16.2 Å². The lowest BCUT2D eigenvalue weighted by Gasteiger charge is -2.49. The predicted molar refractivity (Wildman–Crippen MR) is 73.0 cm³/mol.